The lowest BCUT2D eigenvalue weighted by Crippen LogP contribution is -3.11. The highest BCUT2D eigenvalue weighted by Crippen LogP contribution is 2.31. The van der Waals surface area contributed by atoms with Gasteiger partial charge in [-0.2, -0.15) is 0 Å². The van der Waals surface area contributed by atoms with E-state index in [0.717, 1.165) is 42.9 Å². The van der Waals surface area contributed by atoms with Gasteiger partial charge in [0, 0.05) is 25.5 Å². The molecule has 144 valence electrons. The van der Waals surface area contributed by atoms with Crippen molar-refractivity contribution in [2.45, 2.75) is 25.3 Å². The second kappa shape index (κ2) is 9.42. The lowest BCUT2D eigenvalue weighted by Gasteiger charge is -2.23. The fourth-order valence-corrected chi connectivity index (χ4v) is 3.86. The molecule has 0 aromatic heterocycles. The normalized spacial score (nSPS) is 18.9. The molecule has 0 spiro atoms. The maximum absolute atomic E-state index is 12.4. The number of carbonyl (C=O) groups excluding carboxylic acids is 1. The molecule has 2 aromatic carbocycles. The van der Waals surface area contributed by atoms with E-state index >= 15 is 0 Å². The van der Waals surface area contributed by atoms with Crippen molar-refractivity contribution < 1.29 is 19.2 Å². The van der Waals surface area contributed by atoms with Gasteiger partial charge in [0.05, 0.1) is 26.3 Å². The van der Waals surface area contributed by atoms with Crippen LogP contribution in [0.2, 0.25) is 0 Å². The molecule has 27 heavy (non-hydrogen) atoms. The zero-order chi connectivity index (χ0) is 19.1. The number of hydrogen-bond acceptors (Lipinski definition) is 3. The number of nitrogens with one attached hydrogen (secondary N) is 2. The van der Waals surface area contributed by atoms with Gasteiger partial charge in [0.1, 0.15) is 17.5 Å². The molecule has 1 aliphatic rings. The highest BCUT2D eigenvalue weighted by atomic mass is 16.5. The van der Waals surface area contributed by atoms with Gasteiger partial charge in [-0.15, -0.1) is 0 Å². The fraction of sp³-hybridized carbons (Fsp3) is 0.409. The zero-order valence-electron chi connectivity index (χ0n) is 16.2. The summed E-state index contributed by atoms with van der Waals surface area (Å²) in [5.74, 6) is 1.73. The molecule has 0 saturated carbocycles. The van der Waals surface area contributed by atoms with Crippen LogP contribution in [0.3, 0.4) is 0 Å². The molecular weight excluding hydrogens is 340 g/mol. The first-order valence-corrected chi connectivity index (χ1v) is 9.58. The second-order valence-corrected chi connectivity index (χ2v) is 6.97. The van der Waals surface area contributed by atoms with Gasteiger partial charge in [-0.1, -0.05) is 30.3 Å². The zero-order valence-corrected chi connectivity index (χ0v) is 16.2. The van der Waals surface area contributed by atoms with Crippen LogP contribution in [0.5, 0.6) is 11.5 Å². The first-order valence-electron chi connectivity index (χ1n) is 9.58. The third-order valence-corrected chi connectivity index (χ3v) is 5.27. The Bertz CT molecular complexity index is 748. The number of methoxy groups -OCH3 is 2. The SMILES string of the molecule is COc1ccc([C@H]2CCC[NH+]2CC(=O)NCCc2ccccc2)c(OC)c1. The highest BCUT2D eigenvalue weighted by molar-refractivity contribution is 5.76. The Hall–Kier alpha value is -2.53. The van der Waals surface area contributed by atoms with Crippen LogP contribution in [-0.2, 0) is 11.2 Å². The van der Waals surface area contributed by atoms with Crippen LogP contribution in [0.1, 0.15) is 30.0 Å². The summed E-state index contributed by atoms with van der Waals surface area (Å²) < 4.78 is 10.9. The summed E-state index contributed by atoms with van der Waals surface area (Å²) in [6.45, 7) is 2.17. The van der Waals surface area contributed by atoms with E-state index in [1.165, 1.54) is 10.5 Å². The molecule has 2 aromatic rings. The lowest BCUT2D eigenvalue weighted by molar-refractivity contribution is -0.910. The summed E-state index contributed by atoms with van der Waals surface area (Å²) in [5.41, 5.74) is 2.40. The lowest BCUT2D eigenvalue weighted by atomic mass is 10.0. The van der Waals surface area contributed by atoms with Crippen LogP contribution in [0.25, 0.3) is 0 Å². The number of likely N-dealkylation sites (tertiary alicyclic amines) is 1. The second-order valence-electron chi connectivity index (χ2n) is 6.97. The van der Waals surface area contributed by atoms with E-state index in [-0.39, 0.29) is 11.9 Å². The minimum absolute atomic E-state index is 0.111. The molecule has 1 heterocycles. The smallest absolute Gasteiger partial charge is 0.275 e. The maximum atomic E-state index is 12.4. The van der Waals surface area contributed by atoms with Gasteiger partial charge in [0.2, 0.25) is 0 Å². The van der Waals surface area contributed by atoms with Crippen molar-refractivity contribution in [3.8, 4) is 11.5 Å². The van der Waals surface area contributed by atoms with Crippen molar-refractivity contribution in [1.29, 1.82) is 0 Å². The van der Waals surface area contributed by atoms with E-state index in [4.69, 9.17) is 9.47 Å². The summed E-state index contributed by atoms with van der Waals surface area (Å²) in [6.07, 6.45) is 3.04. The van der Waals surface area contributed by atoms with E-state index in [1.807, 2.05) is 30.3 Å². The predicted octanol–water partition coefficient (Wildman–Crippen LogP) is 1.78. The molecule has 0 radical (unpaired) electrons. The number of benzene rings is 2. The van der Waals surface area contributed by atoms with Gasteiger partial charge in [-0.25, -0.2) is 0 Å². The molecule has 0 bridgehead atoms. The Morgan fingerprint density at radius 1 is 1.15 bits per heavy atom. The van der Waals surface area contributed by atoms with E-state index in [0.29, 0.717) is 13.1 Å². The number of rotatable bonds is 8. The van der Waals surface area contributed by atoms with E-state index < -0.39 is 0 Å². The average molecular weight is 369 g/mol. The Morgan fingerprint density at radius 2 is 1.96 bits per heavy atom. The molecule has 2 N–H and O–H groups in total. The Morgan fingerprint density at radius 3 is 2.70 bits per heavy atom. The van der Waals surface area contributed by atoms with Crippen molar-refractivity contribution in [3.05, 3.63) is 59.7 Å². The van der Waals surface area contributed by atoms with Gasteiger partial charge < -0.3 is 19.7 Å². The van der Waals surface area contributed by atoms with Crippen molar-refractivity contribution in [1.82, 2.24) is 5.32 Å². The third-order valence-electron chi connectivity index (χ3n) is 5.27. The minimum atomic E-state index is 0.111. The highest BCUT2D eigenvalue weighted by Gasteiger charge is 2.33. The van der Waals surface area contributed by atoms with Gasteiger partial charge in [-0.3, -0.25) is 4.79 Å². The van der Waals surface area contributed by atoms with Crippen LogP contribution >= 0.6 is 0 Å². The van der Waals surface area contributed by atoms with E-state index in [2.05, 4.69) is 23.5 Å². The van der Waals surface area contributed by atoms with Gasteiger partial charge in [0.15, 0.2) is 6.54 Å². The maximum Gasteiger partial charge on any atom is 0.275 e. The average Bonchev–Trinajstić information content (AvgIpc) is 3.16. The molecule has 5 nitrogen and oxygen atoms in total. The largest absolute Gasteiger partial charge is 0.497 e. The molecule has 0 aliphatic carbocycles. The van der Waals surface area contributed by atoms with E-state index in [1.54, 1.807) is 14.2 Å². The Kier molecular flexibility index (Phi) is 6.71. The van der Waals surface area contributed by atoms with Crippen LogP contribution < -0.4 is 19.7 Å². The van der Waals surface area contributed by atoms with Gasteiger partial charge in [-0.05, 0) is 24.1 Å². The van der Waals surface area contributed by atoms with Crippen molar-refractivity contribution in [2.75, 3.05) is 33.9 Å². The number of hydrogen-bond donors (Lipinski definition) is 2. The van der Waals surface area contributed by atoms with Crippen LogP contribution in [0.4, 0.5) is 0 Å². The summed E-state index contributed by atoms with van der Waals surface area (Å²) in [4.78, 5) is 13.7. The van der Waals surface area contributed by atoms with E-state index in [9.17, 15) is 4.79 Å². The number of amides is 1. The quantitative estimate of drug-likeness (QED) is 0.746. The predicted molar refractivity (Wildman–Crippen MR) is 105 cm³/mol. The molecule has 5 heteroatoms. The van der Waals surface area contributed by atoms with Crippen molar-refractivity contribution >= 4 is 5.91 Å². The van der Waals surface area contributed by atoms with Gasteiger partial charge in [0.25, 0.3) is 5.91 Å². The Labute approximate surface area is 161 Å². The summed E-state index contributed by atoms with van der Waals surface area (Å²) in [7, 11) is 3.34. The summed E-state index contributed by atoms with van der Waals surface area (Å²) in [6, 6.07) is 16.5. The van der Waals surface area contributed by atoms with Crippen molar-refractivity contribution in [3.63, 3.8) is 0 Å². The molecule has 1 fully saturated rings. The standard InChI is InChI=1S/C22H28N2O3/c1-26-18-10-11-19(21(15-18)27-2)20-9-6-14-24(20)16-22(25)23-13-12-17-7-4-3-5-8-17/h3-5,7-8,10-11,15,20H,6,9,12-14,16H2,1-2H3,(H,23,25)/p+1/t20-/m1/s1. The Balaban J connectivity index is 1.57. The number of quaternary nitrogens is 1. The topological polar surface area (TPSA) is 52.0 Å². The summed E-state index contributed by atoms with van der Waals surface area (Å²) in [5, 5.41) is 3.07. The first-order chi connectivity index (χ1) is 13.2. The fourth-order valence-electron chi connectivity index (χ4n) is 3.86. The number of carbonyl (C=O) groups is 1. The molecule has 2 atom stereocenters. The minimum Gasteiger partial charge on any atom is -0.497 e. The van der Waals surface area contributed by atoms with Crippen molar-refractivity contribution in [2.24, 2.45) is 0 Å². The van der Waals surface area contributed by atoms with Crippen LogP contribution in [0, 0.1) is 0 Å². The molecule has 1 aliphatic heterocycles. The first kappa shape index (κ1) is 19.2. The molecule has 1 unspecified atom stereocenters. The molecule has 3 rings (SSSR count). The number of ether oxygens (including phenoxy) is 2. The molecule has 1 saturated heterocycles. The van der Waals surface area contributed by atoms with Crippen LogP contribution in [0.15, 0.2) is 48.5 Å². The van der Waals surface area contributed by atoms with Crippen LogP contribution in [-0.4, -0.2) is 39.8 Å². The molecule has 1 amide bonds. The third kappa shape index (κ3) is 5.01. The monoisotopic (exact) mass is 369 g/mol. The van der Waals surface area contributed by atoms with Gasteiger partial charge >= 0.3 is 0 Å². The summed E-state index contributed by atoms with van der Waals surface area (Å²) >= 11 is 0. The molecular formula is C22H29N2O3+.